The summed E-state index contributed by atoms with van der Waals surface area (Å²) in [7, 11) is 0. The van der Waals surface area contributed by atoms with Gasteiger partial charge in [-0.15, -0.1) is 0 Å². The quantitative estimate of drug-likeness (QED) is 0.828. The molecule has 1 aliphatic rings. The fourth-order valence-electron chi connectivity index (χ4n) is 2.21. The van der Waals surface area contributed by atoms with Gasteiger partial charge in [-0.2, -0.15) is 11.8 Å². The molecule has 0 aliphatic carbocycles. The number of nitrogens with zero attached hydrogens (tertiary/aromatic N) is 2. The van der Waals surface area contributed by atoms with Gasteiger partial charge in [0.25, 0.3) is 0 Å². The fourth-order valence-corrected chi connectivity index (χ4v) is 3.22. The standard InChI is InChI=1S/C14H23N3S/c1-3-5-15-10-13-9-14(4-6-16-13)17-7-8-18-12(2)11-17/h4,6,9,12,15H,3,5,7-8,10-11H2,1-2H3. The molecule has 2 heterocycles. The van der Waals surface area contributed by atoms with Crippen LogP contribution in [-0.2, 0) is 6.54 Å². The molecule has 18 heavy (non-hydrogen) atoms. The van der Waals surface area contributed by atoms with Gasteiger partial charge in [-0.25, -0.2) is 0 Å². The predicted molar refractivity (Wildman–Crippen MR) is 80.4 cm³/mol. The first-order valence-corrected chi connectivity index (χ1v) is 7.86. The predicted octanol–water partition coefficient (Wildman–Crippen LogP) is 2.52. The first-order chi connectivity index (χ1) is 8.79. The van der Waals surface area contributed by atoms with Crippen LogP contribution in [0.3, 0.4) is 0 Å². The van der Waals surface area contributed by atoms with E-state index >= 15 is 0 Å². The normalized spacial score (nSPS) is 20.1. The van der Waals surface area contributed by atoms with Crippen LogP contribution >= 0.6 is 11.8 Å². The lowest BCUT2D eigenvalue weighted by Gasteiger charge is -2.32. The summed E-state index contributed by atoms with van der Waals surface area (Å²) in [6, 6.07) is 4.36. The van der Waals surface area contributed by atoms with Gasteiger partial charge in [0.2, 0.25) is 0 Å². The average Bonchev–Trinajstić information content (AvgIpc) is 2.39. The molecule has 1 aliphatic heterocycles. The molecule has 1 aromatic rings. The summed E-state index contributed by atoms with van der Waals surface area (Å²) in [5.41, 5.74) is 2.47. The van der Waals surface area contributed by atoms with Crippen LogP contribution < -0.4 is 10.2 Å². The summed E-state index contributed by atoms with van der Waals surface area (Å²) in [6.45, 7) is 8.73. The molecule has 0 spiro atoms. The van der Waals surface area contributed by atoms with Gasteiger partial charge in [0.15, 0.2) is 0 Å². The molecule has 1 N–H and O–H groups in total. The van der Waals surface area contributed by atoms with E-state index in [-0.39, 0.29) is 0 Å². The van der Waals surface area contributed by atoms with E-state index in [0.29, 0.717) is 0 Å². The third-order valence-corrected chi connectivity index (χ3v) is 4.28. The van der Waals surface area contributed by atoms with Crippen LogP contribution in [0.4, 0.5) is 5.69 Å². The smallest absolute Gasteiger partial charge is 0.0562 e. The maximum absolute atomic E-state index is 4.43. The minimum absolute atomic E-state index is 0.730. The maximum atomic E-state index is 4.43. The van der Waals surface area contributed by atoms with Gasteiger partial charge >= 0.3 is 0 Å². The summed E-state index contributed by atoms with van der Waals surface area (Å²) >= 11 is 2.07. The minimum atomic E-state index is 0.730. The highest BCUT2D eigenvalue weighted by atomic mass is 32.2. The first kappa shape index (κ1) is 13.7. The highest BCUT2D eigenvalue weighted by Gasteiger charge is 2.17. The Morgan fingerprint density at radius 3 is 3.22 bits per heavy atom. The van der Waals surface area contributed by atoms with Gasteiger partial charge in [0, 0.05) is 42.5 Å². The van der Waals surface area contributed by atoms with Crippen molar-refractivity contribution in [1.29, 1.82) is 0 Å². The Labute approximate surface area is 114 Å². The molecule has 3 nitrogen and oxygen atoms in total. The van der Waals surface area contributed by atoms with Crippen molar-refractivity contribution in [2.75, 3.05) is 30.3 Å². The molecule has 100 valence electrons. The molecular formula is C14H23N3S. The van der Waals surface area contributed by atoms with Crippen molar-refractivity contribution < 1.29 is 0 Å². The van der Waals surface area contributed by atoms with Gasteiger partial charge in [0.05, 0.1) is 5.69 Å². The summed E-state index contributed by atoms with van der Waals surface area (Å²) < 4.78 is 0. The Morgan fingerprint density at radius 2 is 2.44 bits per heavy atom. The third kappa shape index (κ3) is 3.89. The van der Waals surface area contributed by atoms with Crippen molar-refractivity contribution in [1.82, 2.24) is 10.3 Å². The number of hydrogen-bond donors (Lipinski definition) is 1. The van der Waals surface area contributed by atoms with E-state index in [4.69, 9.17) is 0 Å². The molecule has 1 saturated heterocycles. The van der Waals surface area contributed by atoms with E-state index in [0.717, 1.165) is 37.1 Å². The van der Waals surface area contributed by atoms with Crippen LogP contribution in [0.15, 0.2) is 18.3 Å². The number of anilines is 1. The lowest BCUT2D eigenvalue weighted by atomic mass is 10.2. The van der Waals surface area contributed by atoms with Crippen molar-refractivity contribution in [2.45, 2.75) is 32.1 Å². The fraction of sp³-hybridized carbons (Fsp3) is 0.643. The third-order valence-electron chi connectivity index (χ3n) is 3.14. The summed E-state index contributed by atoms with van der Waals surface area (Å²) in [4.78, 5) is 6.91. The Balaban J connectivity index is 1.97. The molecule has 0 bridgehead atoms. The van der Waals surface area contributed by atoms with E-state index in [1.807, 2.05) is 6.20 Å². The topological polar surface area (TPSA) is 28.2 Å². The van der Waals surface area contributed by atoms with Crippen LogP contribution in [-0.4, -0.2) is 35.6 Å². The number of rotatable bonds is 5. The van der Waals surface area contributed by atoms with Crippen LogP contribution in [0.1, 0.15) is 26.0 Å². The molecule has 1 atom stereocenters. The maximum Gasteiger partial charge on any atom is 0.0562 e. The zero-order valence-electron chi connectivity index (χ0n) is 11.4. The van der Waals surface area contributed by atoms with Crippen molar-refractivity contribution in [3.8, 4) is 0 Å². The van der Waals surface area contributed by atoms with Gasteiger partial charge in [-0.3, -0.25) is 4.98 Å². The highest BCUT2D eigenvalue weighted by molar-refractivity contribution is 8.00. The zero-order valence-corrected chi connectivity index (χ0v) is 12.2. The van der Waals surface area contributed by atoms with E-state index in [9.17, 15) is 0 Å². The molecule has 1 unspecified atom stereocenters. The van der Waals surface area contributed by atoms with Gasteiger partial charge < -0.3 is 10.2 Å². The van der Waals surface area contributed by atoms with Crippen LogP contribution in [0.5, 0.6) is 0 Å². The Bertz CT molecular complexity index is 370. The molecule has 1 aromatic heterocycles. The minimum Gasteiger partial charge on any atom is -0.370 e. The second-order valence-electron chi connectivity index (χ2n) is 4.81. The van der Waals surface area contributed by atoms with E-state index in [1.165, 1.54) is 17.9 Å². The van der Waals surface area contributed by atoms with E-state index in [2.05, 4.69) is 52.9 Å². The number of pyridine rings is 1. The second-order valence-corrected chi connectivity index (χ2v) is 6.36. The Morgan fingerprint density at radius 1 is 1.56 bits per heavy atom. The molecule has 0 radical (unpaired) electrons. The number of aromatic nitrogens is 1. The van der Waals surface area contributed by atoms with Crippen molar-refractivity contribution in [3.63, 3.8) is 0 Å². The molecule has 1 fully saturated rings. The van der Waals surface area contributed by atoms with Gasteiger partial charge in [0.1, 0.15) is 0 Å². The summed E-state index contributed by atoms with van der Waals surface area (Å²) in [6.07, 6.45) is 3.10. The lowest BCUT2D eigenvalue weighted by molar-refractivity contribution is 0.663. The Kier molecular flexibility index (Phi) is 5.32. The number of nitrogens with one attached hydrogen (secondary N) is 1. The van der Waals surface area contributed by atoms with Crippen molar-refractivity contribution in [3.05, 3.63) is 24.0 Å². The zero-order chi connectivity index (χ0) is 12.8. The SMILES string of the molecule is CCCNCc1cc(N2CCSC(C)C2)ccn1. The van der Waals surface area contributed by atoms with E-state index < -0.39 is 0 Å². The highest BCUT2D eigenvalue weighted by Crippen LogP contribution is 2.23. The molecule has 0 saturated carbocycles. The van der Waals surface area contributed by atoms with Crippen LogP contribution in [0.25, 0.3) is 0 Å². The summed E-state index contributed by atoms with van der Waals surface area (Å²) in [5.74, 6) is 1.23. The molecule has 2 rings (SSSR count). The monoisotopic (exact) mass is 265 g/mol. The van der Waals surface area contributed by atoms with Crippen molar-refractivity contribution >= 4 is 17.4 Å². The molecule has 0 aromatic carbocycles. The van der Waals surface area contributed by atoms with Crippen LogP contribution in [0, 0.1) is 0 Å². The van der Waals surface area contributed by atoms with Gasteiger partial charge in [-0.1, -0.05) is 13.8 Å². The first-order valence-electron chi connectivity index (χ1n) is 6.81. The molecular weight excluding hydrogens is 242 g/mol. The van der Waals surface area contributed by atoms with E-state index in [1.54, 1.807) is 0 Å². The largest absolute Gasteiger partial charge is 0.370 e. The molecule has 4 heteroatoms. The number of hydrogen-bond acceptors (Lipinski definition) is 4. The second kappa shape index (κ2) is 7.00. The van der Waals surface area contributed by atoms with Crippen molar-refractivity contribution in [2.24, 2.45) is 0 Å². The lowest BCUT2D eigenvalue weighted by Crippen LogP contribution is -2.36. The summed E-state index contributed by atoms with van der Waals surface area (Å²) in [5, 5.41) is 4.14. The Hall–Kier alpha value is -0.740. The number of thioether (sulfide) groups is 1. The average molecular weight is 265 g/mol. The van der Waals surface area contributed by atoms with Crippen LogP contribution in [0.2, 0.25) is 0 Å². The van der Waals surface area contributed by atoms with Gasteiger partial charge in [-0.05, 0) is 25.1 Å². The molecule has 0 amide bonds.